The van der Waals surface area contributed by atoms with E-state index >= 15 is 0 Å². The fourth-order valence-electron chi connectivity index (χ4n) is 4.05. The van der Waals surface area contributed by atoms with E-state index in [1.165, 1.54) is 12.3 Å². The van der Waals surface area contributed by atoms with Crippen LogP contribution in [0.4, 0.5) is 5.82 Å². The normalized spacial score (nSPS) is 16.7. The highest BCUT2D eigenvalue weighted by Gasteiger charge is 2.39. The summed E-state index contributed by atoms with van der Waals surface area (Å²) in [7, 11) is -4.09. The fourth-order valence-corrected chi connectivity index (χ4v) is 5.02. The average Bonchev–Trinajstić information content (AvgIpc) is 2.92. The summed E-state index contributed by atoms with van der Waals surface area (Å²) in [6.07, 6.45) is 8.31. The third-order valence-electron chi connectivity index (χ3n) is 6.04. The molecule has 1 saturated heterocycles. The third kappa shape index (κ3) is 9.45. The van der Waals surface area contributed by atoms with Crippen LogP contribution in [0, 0.1) is 5.92 Å². The van der Waals surface area contributed by atoms with E-state index in [4.69, 9.17) is 9.57 Å². The van der Waals surface area contributed by atoms with Crippen molar-refractivity contribution < 1.29 is 27.6 Å². The van der Waals surface area contributed by atoms with Crippen LogP contribution in [0.3, 0.4) is 0 Å². The number of hydrogen-bond donors (Lipinski definition) is 1. The summed E-state index contributed by atoms with van der Waals surface area (Å²) in [6, 6.07) is 12.9. The van der Waals surface area contributed by atoms with Gasteiger partial charge in [-0.2, -0.15) is 4.41 Å². The zero-order valence-electron chi connectivity index (χ0n) is 22.7. The molecule has 39 heavy (non-hydrogen) atoms. The Hall–Kier alpha value is -3.28. The lowest BCUT2D eigenvalue weighted by molar-refractivity contribution is -0.202. The van der Waals surface area contributed by atoms with Crippen molar-refractivity contribution in [1.29, 1.82) is 0 Å². The minimum absolute atomic E-state index is 0.000678. The number of ether oxygens (including phenoxy) is 1. The molecular weight excluding hydrogens is 520 g/mol. The standard InChI is InChI=1S/C28H38N4O6S/c1-22(2)18-19-26(33)31(32(39(3,35)36)25-16-7-9-20-29-25)24(15-11-14-23-12-5-4-6-13-23)28(34)30-38-27-17-8-10-21-37-27/h4-7,9,11-14,16,20,22,24,27H,8,10,15,17-19,21H2,1-3H3,(H,30,34)/t24?,27-/m0/s1. The van der Waals surface area contributed by atoms with E-state index in [2.05, 4.69) is 10.5 Å². The van der Waals surface area contributed by atoms with Gasteiger partial charge in [0.1, 0.15) is 6.04 Å². The van der Waals surface area contributed by atoms with Gasteiger partial charge in [0.15, 0.2) is 12.1 Å². The molecule has 0 saturated carbocycles. The van der Waals surface area contributed by atoms with Gasteiger partial charge in [0, 0.05) is 25.6 Å². The van der Waals surface area contributed by atoms with E-state index in [-0.39, 0.29) is 24.6 Å². The van der Waals surface area contributed by atoms with Crippen LogP contribution >= 0.6 is 0 Å². The molecule has 2 atom stereocenters. The molecule has 1 aliphatic rings. The van der Waals surface area contributed by atoms with Gasteiger partial charge in [-0.25, -0.2) is 28.7 Å². The number of hydrazine groups is 1. The van der Waals surface area contributed by atoms with Gasteiger partial charge in [-0.3, -0.25) is 9.59 Å². The zero-order valence-corrected chi connectivity index (χ0v) is 23.5. The molecule has 212 valence electrons. The molecule has 1 aromatic carbocycles. The van der Waals surface area contributed by atoms with Gasteiger partial charge in [-0.05, 0) is 49.3 Å². The maximum absolute atomic E-state index is 13.7. The van der Waals surface area contributed by atoms with Gasteiger partial charge >= 0.3 is 0 Å². The molecule has 0 aliphatic carbocycles. The quantitative estimate of drug-likeness (QED) is 0.368. The van der Waals surface area contributed by atoms with E-state index < -0.39 is 34.2 Å². The lowest BCUT2D eigenvalue weighted by atomic mass is 10.1. The third-order valence-corrected chi connectivity index (χ3v) is 7.03. The molecule has 1 unspecified atom stereocenters. The molecule has 2 heterocycles. The summed E-state index contributed by atoms with van der Waals surface area (Å²) in [5, 5.41) is 0.996. The smallest absolute Gasteiger partial charge is 0.268 e. The molecule has 0 radical (unpaired) electrons. The van der Waals surface area contributed by atoms with Gasteiger partial charge in [0.05, 0.1) is 6.26 Å². The fraction of sp³-hybridized carbons (Fsp3) is 0.464. The first-order chi connectivity index (χ1) is 18.7. The minimum atomic E-state index is -4.09. The molecule has 0 spiro atoms. The molecule has 3 rings (SSSR count). The van der Waals surface area contributed by atoms with Crippen LogP contribution < -0.4 is 9.89 Å². The Labute approximate surface area is 231 Å². The maximum Gasteiger partial charge on any atom is 0.268 e. The number of pyridine rings is 1. The van der Waals surface area contributed by atoms with Crippen molar-refractivity contribution in [2.75, 3.05) is 17.3 Å². The highest BCUT2D eigenvalue weighted by atomic mass is 32.2. The Morgan fingerprint density at radius 1 is 1.15 bits per heavy atom. The number of anilines is 1. The van der Waals surface area contributed by atoms with Crippen molar-refractivity contribution in [3.8, 4) is 0 Å². The predicted octanol–water partition coefficient (Wildman–Crippen LogP) is 4.07. The minimum Gasteiger partial charge on any atom is -0.350 e. The van der Waals surface area contributed by atoms with E-state index in [1.54, 1.807) is 18.2 Å². The highest BCUT2D eigenvalue weighted by Crippen LogP contribution is 2.24. The Bertz CT molecular complexity index is 1190. The second kappa shape index (κ2) is 14.8. The van der Waals surface area contributed by atoms with Crippen LogP contribution in [0.25, 0.3) is 6.08 Å². The number of nitrogens with one attached hydrogen (secondary N) is 1. The van der Waals surface area contributed by atoms with Crippen molar-refractivity contribution in [2.45, 2.75) is 64.7 Å². The van der Waals surface area contributed by atoms with Crippen LogP contribution in [-0.2, 0) is 29.2 Å². The largest absolute Gasteiger partial charge is 0.350 e. The lowest BCUT2D eigenvalue weighted by Gasteiger charge is -2.38. The summed E-state index contributed by atoms with van der Waals surface area (Å²) in [5.41, 5.74) is 3.32. The monoisotopic (exact) mass is 558 g/mol. The number of aromatic nitrogens is 1. The van der Waals surface area contributed by atoms with Crippen molar-refractivity contribution >= 4 is 33.7 Å². The summed E-state index contributed by atoms with van der Waals surface area (Å²) < 4.78 is 32.6. The summed E-state index contributed by atoms with van der Waals surface area (Å²) >= 11 is 0. The molecule has 1 fully saturated rings. The van der Waals surface area contributed by atoms with E-state index in [0.29, 0.717) is 19.4 Å². The van der Waals surface area contributed by atoms with Crippen molar-refractivity contribution in [3.63, 3.8) is 0 Å². The first-order valence-corrected chi connectivity index (χ1v) is 15.0. The topological polar surface area (TPSA) is 118 Å². The van der Waals surface area contributed by atoms with Gasteiger partial charge in [0.25, 0.3) is 15.9 Å². The number of rotatable bonds is 13. The Balaban J connectivity index is 2.00. The predicted molar refractivity (Wildman–Crippen MR) is 149 cm³/mol. The van der Waals surface area contributed by atoms with Crippen LogP contribution in [0.2, 0.25) is 0 Å². The van der Waals surface area contributed by atoms with Gasteiger partial charge in [0.2, 0.25) is 5.91 Å². The van der Waals surface area contributed by atoms with E-state index in [9.17, 15) is 18.0 Å². The molecule has 0 bridgehead atoms. The SMILES string of the molecule is CC(C)CCC(=O)N(C(CC=Cc1ccccc1)C(=O)NO[C@H]1CCCCO1)N(c1ccccn1)S(C)(=O)=O. The number of carbonyl (C=O) groups excluding carboxylic acids is 2. The summed E-state index contributed by atoms with van der Waals surface area (Å²) in [4.78, 5) is 37.0. The van der Waals surface area contributed by atoms with Gasteiger partial charge in [-0.1, -0.05) is 62.4 Å². The summed E-state index contributed by atoms with van der Waals surface area (Å²) in [5.74, 6) is -1.01. The Kier molecular flexibility index (Phi) is 11.5. The molecule has 2 amide bonds. The molecule has 10 nitrogen and oxygen atoms in total. The molecule has 1 N–H and O–H groups in total. The van der Waals surface area contributed by atoms with Gasteiger partial charge < -0.3 is 4.74 Å². The number of hydrogen-bond acceptors (Lipinski definition) is 7. The van der Waals surface area contributed by atoms with Gasteiger partial charge in [-0.15, -0.1) is 0 Å². The average molecular weight is 559 g/mol. The van der Waals surface area contributed by atoms with Crippen LogP contribution in [0.5, 0.6) is 0 Å². The first kappa shape index (κ1) is 30.3. The lowest BCUT2D eigenvalue weighted by Crippen LogP contribution is -2.59. The van der Waals surface area contributed by atoms with E-state index in [1.807, 2.05) is 50.3 Å². The second-order valence-electron chi connectivity index (χ2n) is 9.81. The number of nitrogens with zero attached hydrogens (tertiary/aromatic N) is 3. The van der Waals surface area contributed by atoms with Crippen LogP contribution in [-0.4, -0.2) is 55.4 Å². The zero-order chi connectivity index (χ0) is 28.3. The maximum atomic E-state index is 13.7. The molecule has 1 aliphatic heterocycles. The second-order valence-corrected chi connectivity index (χ2v) is 11.6. The number of benzene rings is 1. The van der Waals surface area contributed by atoms with Crippen LogP contribution in [0.15, 0.2) is 60.8 Å². The van der Waals surface area contributed by atoms with Crippen molar-refractivity contribution in [1.82, 2.24) is 15.5 Å². The van der Waals surface area contributed by atoms with Crippen molar-refractivity contribution in [3.05, 3.63) is 66.4 Å². The molecule has 2 aromatic rings. The number of sulfonamides is 1. The number of amides is 2. The molecular formula is C28H38N4O6S. The summed E-state index contributed by atoms with van der Waals surface area (Å²) in [6.45, 7) is 4.45. The van der Waals surface area contributed by atoms with Crippen LogP contribution in [0.1, 0.15) is 57.9 Å². The highest BCUT2D eigenvalue weighted by molar-refractivity contribution is 7.92. The van der Waals surface area contributed by atoms with Crippen molar-refractivity contribution in [2.24, 2.45) is 5.92 Å². The Morgan fingerprint density at radius 3 is 2.51 bits per heavy atom. The Morgan fingerprint density at radius 2 is 1.90 bits per heavy atom. The number of carbonyl (C=O) groups is 2. The molecule has 1 aromatic heterocycles. The van der Waals surface area contributed by atoms with E-state index in [0.717, 1.165) is 34.1 Å². The number of hydroxylamine groups is 1. The molecule has 11 heteroatoms. The first-order valence-electron chi connectivity index (χ1n) is 13.2.